The molecule has 0 aliphatic carbocycles. The highest BCUT2D eigenvalue weighted by atomic mass is 16.5. The smallest absolute Gasteiger partial charge is 0.305 e. The fourth-order valence-corrected chi connectivity index (χ4v) is 2.02. The number of carbonyl (C=O) groups excluding carboxylic acids is 1. The maximum absolute atomic E-state index is 11.2. The van der Waals surface area contributed by atoms with Gasteiger partial charge in [-0.15, -0.1) is 0 Å². The number of carbonyl (C=O) groups is 1. The van der Waals surface area contributed by atoms with E-state index in [1.165, 1.54) is 0 Å². The first-order valence-corrected chi connectivity index (χ1v) is 5.94. The summed E-state index contributed by atoms with van der Waals surface area (Å²) in [4.78, 5) is 11.2. The molecule has 0 radical (unpaired) electrons. The van der Waals surface area contributed by atoms with Crippen molar-refractivity contribution in [1.29, 1.82) is 0 Å². The summed E-state index contributed by atoms with van der Waals surface area (Å²) in [6, 6.07) is 0. The average Bonchev–Trinajstić information content (AvgIpc) is 2.62. The number of hydrogen-bond donors (Lipinski definition) is 0. The average molecular weight is 214 g/mol. The number of rotatable bonds is 5. The van der Waals surface area contributed by atoms with Crippen LogP contribution in [0.3, 0.4) is 0 Å². The van der Waals surface area contributed by atoms with Crippen LogP contribution in [0.5, 0.6) is 0 Å². The van der Waals surface area contributed by atoms with Crippen molar-refractivity contribution in [2.45, 2.75) is 58.7 Å². The number of hydrogen-bond acceptors (Lipinski definition) is 3. The number of esters is 1. The topological polar surface area (TPSA) is 35.5 Å². The van der Waals surface area contributed by atoms with Crippen molar-refractivity contribution in [2.24, 2.45) is 5.92 Å². The highest BCUT2D eigenvalue weighted by molar-refractivity contribution is 5.69. The van der Waals surface area contributed by atoms with E-state index in [2.05, 4.69) is 13.8 Å². The molecule has 0 amide bonds. The van der Waals surface area contributed by atoms with Crippen LogP contribution in [0, 0.1) is 5.92 Å². The second-order valence-electron chi connectivity index (χ2n) is 4.38. The van der Waals surface area contributed by atoms with Crippen LogP contribution in [0.15, 0.2) is 0 Å². The highest BCUT2D eigenvalue weighted by Gasteiger charge is 2.26. The molecular weight excluding hydrogens is 192 g/mol. The lowest BCUT2D eigenvalue weighted by atomic mass is 9.97. The minimum atomic E-state index is -0.0876. The van der Waals surface area contributed by atoms with Gasteiger partial charge in [-0.3, -0.25) is 4.79 Å². The third kappa shape index (κ3) is 4.20. The largest absolute Gasteiger partial charge is 0.466 e. The van der Waals surface area contributed by atoms with Crippen LogP contribution in [-0.2, 0) is 14.3 Å². The molecule has 0 bridgehead atoms. The second kappa shape index (κ2) is 6.11. The Bertz CT molecular complexity index is 203. The first kappa shape index (κ1) is 12.5. The molecule has 3 unspecified atom stereocenters. The summed E-state index contributed by atoms with van der Waals surface area (Å²) < 4.78 is 10.7. The molecule has 3 atom stereocenters. The fourth-order valence-electron chi connectivity index (χ4n) is 2.02. The normalized spacial score (nSPS) is 27.7. The Hall–Kier alpha value is -0.570. The van der Waals surface area contributed by atoms with Gasteiger partial charge in [0.15, 0.2) is 0 Å². The summed E-state index contributed by atoms with van der Waals surface area (Å²) in [5, 5.41) is 0. The molecule has 88 valence electrons. The van der Waals surface area contributed by atoms with E-state index in [0.29, 0.717) is 31.2 Å². The minimum Gasteiger partial charge on any atom is -0.466 e. The van der Waals surface area contributed by atoms with Gasteiger partial charge in [0.2, 0.25) is 0 Å². The lowest BCUT2D eigenvalue weighted by Gasteiger charge is -2.18. The molecule has 3 nitrogen and oxygen atoms in total. The van der Waals surface area contributed by atoms with E-state index in [-0.39, 0.29) is 5.97 Å². The maximum atomic E-state index is 11.2. The van der Waals surface area contributed by atoms with Crippen molar-refractivity contribution >= 4 is 5.97 Å². The van der Waals surface area contributed by atoms with Gasteiger partial charge in [0.25, 0.3) is 0 Å². The quantitative estimate of drug-likeness (QED) is 0.660. The van der Waals surface area contributed by atoms with Crippen LogP contribution >= 0.6 is 0 Å². The third-order valence-electron chi connectivity index (χ3n) is 3.01. The monoisotopic (exact) mass is 214 g/mol. The molecular formula is C12H22O3. The van der Waals surface area contributed by atoms with Crippen molar-refractivity contribution in [3.05, 3.63) is 0 Å². The van der Waals surface area contributed by atoms with Crippen molar-refractivity contribution in [3.63, 3.8) is 0 Å². The Morgan fingerprint density at radius 1 is 1.53 bits per heavy atom. The molecule has 1 heterocycles. The van der Waals surface area contributed by atoms with Gasteiger partial charge in [0, 0.05) is 6.42 Å². The zero-order valence-corrected chi connectivity index (χ0v) is 9.99. The zero-order valence-electron chi connectivity index (χ0n) is 9.99. The molecule has 3 heteroatoms. The summed E-state index contributed by atoms with van der Waals surface area (Å²) in [7, 11) is 0. The van der Waals surface area contributed by atoms with E-state index >= 15 is 0 Å². The number of ether oxygens (including phenoxy) is 2. The van der Waals surface area contributed by atoms with Crippen LogP contribution < -0.4 is 0 Å². The molecule has 0 N–H and O–H groups in total. The summed E-state index contributed by atoms with van der Waals surface area (Å²) in [6.07, 6.45) is 4.40. The molecule has 0 aromatic rings. The standard InChI is InChI=1S/C12H22O3/c1-4-14-12(13)8-5-9(2)11-7-6-10(3)15-11/h9-11H,4-8H2,1-3H3. The molecule has 1 aliphatic rings. The van der Waals surface area contributed by atoms with Gasteiger partial charge in [0.05, 0.1) is 18.8 Å². The first-order valence-electron chi connectivity index (χ1n) is 5.94. The van der Waals surface area contributed by atoms with Crippen LogP contribution in [0.25, 0.3) is 0 Å². The van der Waals surface area contributed by atoms with E-state index in [4.69, 9.17) is 9.47 Å². The van der Waals surface area contributed by atoms with Crippen molar-refractivity contribution < 1.29 is 14.3 Å². The van der Waals surface area contributed by atoms with Crippen molar-refractivity contribution in [3.8, 4) is 0 Å². The predicted octanol–water partition coefficient (Wildman–Crippen LogP) is 2.53. The Labute approximate surface area is 92.1 Å². The minimum absolute atomic E-state index is 0.0876. The van der Waals surface area contributed by atoms with Gasteiger partial charge < -0.3 is 9.47 Å². The Kier molecular flexibility index (Phi) is 5.09. The van der Waals surface area contributed by atoms with Crippen LogP contribution in [0.4, 0.5) is 0 Å². The molecule has 0 saturated carbocycles. The van der Waals surface area contributed by atoms with E-state index in [1.807, 2.05) is 6.92 Å². The Morgan fingerprint density at radius 3 is 2.80 bits per heavy atom. The van der Waals surface area contributed by atoms with Crippen LogP contribution in [-0.4, -0.2) is 24.8 Å². The molecule has 15 heavy (non-hydrogen) atoms. The van der Waals surface area contributed by atoms with Gasteiger partial charge in [0.1, 0.15) is 0 Å². The molecule has 1 rings (SSSR count). The van der Waals surface area contributed by atoms with E-state index in [1.54, 1.807) is 0 Å². The van der Waals surface area contributed by atoms with E-state index < -0.39 is 0 Å². The second-order valence-corrected chi connectivity index (χ2v) is 4.38. The zero-order chi connectivity index (χ0) is 11.3. The Morgan fingerprint density at radius 2 is 2.27 bits per heavy atom. The van der Waals surface area contributed by atoms with Crippen LogP contribution in [0.2, 0.25) is 0 Å². The van der Waals surface area contributed by atoms with Crippen molar-refractivity contribution in [2.75, 3.05) is 6.61 Å². The van der Waals surface area contributed by atoms with Gasteiger partial charge in [-0.05, 0) is 39.0 Å². The van der Waals surface area contributed by atoms with Gasteiger partial charge in [-0.2, -0.15) is 0 Å². The molecule has 0 aromatic heterocycles. The molecule has 1 fully saturated rings. The summed E-state index contributed by atoms with van der Waals surface area (Å²) in [6.45, 7) is 6.58. The molecule has 0 spiro atoms. The third-order valence-corrected chi connectivity index (χ3v) is 3.01. The summed E-state index contributed by atoms with van der Waals surface area (Å²) >= 11 is 0. The molecule has 1 aliphatic heterocycles. The van der Waals surface area contributed by atoms with E-state index in [0.717, 1.165) is 19.3 Å². The molecule has 0 aromatic carbocycles. The van der Waals surface area contributed by atoms with Gasteiger partial charge in [-0.1, -0.05) is 6.92 Å². The van der Waals surface area contributed by atoms with E-state index in [9.17, 15) is 4.79 Å². The van der Waals surface area contributed by atoms with Gasteiger partial charge >= 0.3 is 5.97 Å². The van der Waals surface area contributed by atoms with Crippen molar-refractivity contribution in [1.82, 2.24) is 0 Å². The summed E-state index contributed by atoms with van der Waals surface area (Å²) in [5.74, 6) is 0.370. The Balaban J connectivity index is 2.18. The fraction of sp³-hybridized carbons (Fsp3) is 0.917. The summed E-state index contributed by atoms with van der Waals surface area (Å²) in [5.41, 5.74) is 0. The van der Waals surface area contributed by atoms with Gasteiger partial charge in [-0.25, -0.2) is 0 Å². The highest BCUT2D eigenvalue weighted by Crippen LogP contribution is 2.27. The first-order chi connectivity index (χ1) is 7.13. The predicted molar refractivity (Wildman–Crippen MR) is 58.6 cm³/mol. The lowest BCUT2D eigenvalue weighted by molar-refractivity contribution is -0.143. The lowest BCUT2D eigenvalue weighted by Crippen LogP contribution is -2.19. The van der Waals surface area contributed by atoms with Crippen LogP contribution in [0.1, 0.15) is 46.5 Å². The molecule has 1 saturated heterocycles. The maximum Gasteiger partial charge on any atom is 0.305 e. The SMILES string of the molecule is CCOC(=O)CCC(C)C1CCC(C)O1.